The Hall–Kier alpha value is -4.53. The number of anilines is 1. The molecule has 4 saturated carbocycles. The number of fused-ring (bicyclic) bond motifs is 1. The van der Waals surface area contributed by atoms with Crippen molar-refractivity contribution >= 4 is 28.4 Å². The largest absolute Gasteiger partial charge is 0.492 e. The fourth-order valence-corrected chi connectivity index (χ4v) is 9.34. The quantitative estimate of drug-likeness (QED) is 0.255. The monoisotopic (exact) mass is 630 g/mol. The first kappa shape index (κ1) is 29.8. The summed E-state index contributed by atoms with van der Waals surface area (Å²) in [6, 6.07) is 17.6. The third-order valence-corrected chi connectivity index (χ3v) is 11.1. The maximum Gasteiger partial charge on any atom is 0.271 e. The van der Waals surface area contributed by atoms with Crippen molar-refractivity contribution in [2.75, 3.05) is 44.2 Å². The lowest BCUT2D eigenvalue weighted by Gasteiger charge is -2.56. The molecule has 242 valence electrons. The van der Waals surface area contributed by atoms with Gasteiger partial charge in [-0.15, -0.1) is 10.2 Å². The molecule has 1 aliphatic heterocycles. The first-order valence-corrected chi connectivity index (χ1v) is 17.2. The fraction of sp³-hybridized carbons (Fsp3) is 0.447. The van der Waals surface area contributed by atoms with E-state index in [1.165, 1.54) is 38.5 Å². The van der Waals surface area contributed by atoms with Crippen molar-refractivity contribution in [3.63, 3.8) is 0 Å². The minimum atomic E-state index is -0.133. The van der Waals surface area contributed by atoms with E-state index in [4.69, 9.17) is 4.74 Å². The van der Waals surface area contributed by atoms with Crippen LogP contribution in [0.5, 0.6) is 5.75 Å². The van der Waals surface area contributed by atoms with Gasteiger partial charge in [0.2, 0.25) is 0 Å². The number of nitrogens with one attached hydrogen (secondary N) is 1. The number of nitrogens with zero attached hydrogens (tertiary/aromatic N) is 5. The van der Waals surface area contributed by atoms with Crippen LogP contribution >= 0.6 is 0 Å². The van der Waals surface area contributed by atoms with E-state index < -0.39 is 0 Å². The van der Waals surface area contributed by atoms with Crippen molar-refractivity contribution in [1.29, 1.82) is 0 Å². The van der Waals surface area contributed by atoms with Crippen LogP contribution in [0.1, 0.15) is 66.3 Å². The normalized spacial score (nSPS) is 24.8. The lowest BCUT2D eigenvalue weighted by atomic mass is 9.49. The molecular weight excluding hydrogens is 588 g/mol. The van der Waals surface area contributed by atoms with Crippen molar-refractivity contribution < 1.29 is 14.3 Å². The second kappa shape index (κ2) is 12.2. The highest BCUT2D eigenvalue weighted by Gasteiger charge is 2.50. The van der Waals surface area contributed by atoms with Gasteiger partial charge in [-0.25, -0.2) is 0 Å². The van der Waals surface area contributed by atoms with Crippen LogP contribution < -0.4 is 15.0 Å². The maximum absolute atomic E-state index is 13.8. The van der Waals surface area contributed by atoms with E-state index in [1.54, 1.807) is 12.3 Å². The van der Waals surface area contributed by atoms with Crippen molar-refractivity contribution in [2.24, 2.45) is 23.2 Å². The van der Waals surface area contributed by atoms with Crippen molar-refractivity contribution in [2.45, 2.75) is 45.4 Å². The van der Waals surface area contributed by atoms with Crippen LogP contribution in [0.25, 0.3) is 21.9 Å². The van der Waals surface area contributed by atoms with E-state index in [1.807, 2.05) is 60.5 Å². The van der Waals surface area contributed by atoms with Crippen LogP contribution in [0.4, 0.5) is 5.82 Å². The summed E-state index contributed by atoms with van der Waals surface area (Å²) in [6.45, 7) is 5.71. The third-order valence-electron chi connectivity index (χ3n) is 11.1. The Balaban J connectivity index is 0.900. The topological polar surface area (TPSA) is 101 Å². The van der Waals surface area contributed by atoms with Crippen LogP contribution in [0, 0.1) is 23.2 Å². The Labute approximate surface area is 275 Å². The number of piperazine rings is 1. The summed E-state index contributed by atoms with van der Waals surface area (Å²) in [5.41, 5.74) is 3.31. The van der Waals surface area contributed by atoms with E-state index >= 15 is 0 Å². The molecule has 3 heterocycles. The van der Waals surface area contributed by atoms with Crippen molar-refractivity contribution in [1.82, 2.24) is 25.4 Å². The minimum Gasteiger partial charge on any atom is -0.492 e. The van der Waals surface area contributed by atoms with Gasteiger partial charge in [-0.1, -0.05) is 30.3 Å². The van der Waals surface area contributed by atoms with Crippen LogP contribution in [-0.4, -0.2) is 71.2 Å². The molecule has 0 unspecified atom stereocenters. The SMILES string of the molecule is CCOc1cncc(-c2ccc(C(=O)N3CCN(c4ccc(C(=O)NCC56CC7CC(CC(C7)C5)C6)nn4)CC3)c3ccccc23)c1. The number of hydrogen-bond donors (Lipinski definition) is 1. The smallest absolute Gasteiger partial charge is 0.271 e. The van der Waals surface area contributed by atoms with Gasteiger partial charge in [-0.3, -0.25) is 14.6 Å². The van der Waals surface area contributed by atoms with E-state index in [2.05, 4.69) is 31.5 Å². The molecule has 1 N–H and O–H groups in total. The van der Waals surface area contributed by atoms with Gasteiger partial charge in [0.15, 0.2) is 11.5 Å². The summed E-state index contributed by atoms with van der Waals surface area (Å²) in [5, 5.41) is 13.9. The van der Waals surface area contributed by atoms with E-state index in [0.29, 0.717) is 44.0 Å². The average molecular weight is 631 g/mol. The highest BCUT2D eigenvalue weighted by Crippen LogP contribution is 2.59. The van der Waals surface area contributed by atoms with E-state index in [0.717, 1.165) is 57.8 Å². The molecule has 0 spiro atoms. The Bertz CT molecular complexity index is 1760. The Kier molecular flexibility index (Phi) is 7.78. The molecule has 5 fully saturated rings. The summed E-state index contributed by atoms with van der Waals surface area (Å²) in [7, 11) is 0. The molecule has 2 aromatic heterocycles. The number of amides is 2. The molecule has 1 saturated heterocycles. The van der Waals surface area contributed by atoms with Crippen LogP contribution in [0.2, 0.25) is 0 Å². The highest BCUT2D eigenvalue weighted by atomic mass is 16.5. The van der Waals surface area contributed by atoms with E-state index in [9.17, 15) is 9.59 Å². The maximum atomic E-state index is 13.8. The number of aromatic nitrogens is 3. The number of hydrogen-bond acceptors (Lipinski definition) is 7. The van der Waals surface area contributed by atoms with Crippen LogP contribution in [-0.2, 0) is 0 Å². The van der Waals surface area contributed by atoms with Gasteiger partial charge in [0.1, 0.15) is 5.75 Å². The molecule has 9 rings (SSSR count). The molecule has 2 aromatic carbocycles. The standard InChI is InChI=1S/C38H42N6O3/c1-2-47-29-18-28(22-39-23-29)30-7-8-33(32-6-4-3-5-31(30)32)37(46)44-13-11-43(12-14-44)35-10-9-34(41-42-35)36(45)40-24-38-19-25-15-26(20-38)17-27(16-25)21-38/h3-10,18,22-23,25-27H,2,11-17,19-21,24H2,1H3,(H,40,45). The Morgan fingerprint density at radius 2 is 1.60 bits per heavy atom. The number of carbonyl (C=O) groups is 2. The van der Waals surface area contributed by atoms with Gasteiger partial charge in [0.05, 0.1) is 12.8 Å². The predicted molar refractivity (Wildman–Crippen MR) is 181 cm³/mol. The lowest BCUT2D eigenvalue weighted by molar-refractivity contribution is -0.0503. The molecule has 9 heteroatoms. The number of carbonyl (C=O) groups excluding carboxylic acids is 2. The van der Waals surface area contributed by atoms with Gasteiger partial charge in [0.25, 0.3) is 11.8 Å². The fourth-order valence-electron chi connectivity index (χ4n) is 9.34. The average Bonchev–Trinajstić information content (AvgIpc) is 3.10. The summed E-state index contributed by atoms with van der Waals surface area (Å²) in [6.07, 6.45) is 11.5. The zero-order chi connectivity index (χ0) is 32.0. The first-order chi connectivity index (χ1) is 23.0. The van der Waals surface area contributed by atoms with Gasteiger partial charge in [-0.2, -0.15) is 0 Å². The first-order valence-electron chi connectivity index (χ1n) is 17.2. The van der Waals surface area contributed by atoms with E-state index in [-0.39, 0.29) is 17.2 Å². The zero-order valence-corrected chi connectivity index (χ0v) is 27.0. The van der Waals surface area contributed by atoms with Crippen LogP contribution in [0.15, 0.2) is 67.0 Å². The van der Waals surface area contributed by atoms with Gasteiger partial charge >= 0.3 is 0 Å². The summed E-state index contributed by atoms with van der Waals surface area (Å²) < 4.78 is 5.67. The molecule has 5 aliphatic rings. The predicted octanol–water partition coefficient (Wildman–Crippen LogP) is 6.00. The van der Waals surface area contributed by atoms with Gasteiger partial charge in [-0.05, 0) is 109 Å². The molecular formula is C38H42N6O3. The lowest BCUT2D eigenvalue weighted by Crippen LogP contribution is -2.51. The second-order valence-corrected chi connectivity index (χ2v) is 14.2. The van der Waals surface area contributed by atoms with Crippen molar-refractivity contribution in [3.8, 4) is 16.9 Å². The molecule has 0 radical (unpaired) electrons. The van der Waals surface area contributed by atoms with Gasteiger partial charge < -0.3 is 19.9 Å². The summed E-state index contributed by atoms with van der Waals surface area (Å²) >= 11 is 0. The Morgan fingerprint density at radius 1 is 0.872 bits per heavy atom. The Morgan fingerprint density at radius 3 is 2.28 bits per heavy atom. The van der Waals surface area contributed by atoms with Crippen LogP contribution in [0.3, 0.4) is 0 Å². The van der Waals surface area contributed by atoms with Crippen molar-refractivity contribution in [3.05, 3.63) is 78.2 Å². The molecule has 4 aromatic rings. The molecule has 9 nitrogen and oxygen atoms in total. The minimum absolute atomic E-state index is 0.0192. The molecule has 47 heavy (non-hydrogen) atoms. The number of ether oxygens (including phenoxy) is 1. The highest BCUT2D eigenvalue weighted by molar-refractivity contribution is 6.11. The van der Waals surface area contributed by atoms with Gasteiger partial charge in [0, 0.05) is 50.0 Å². The molecule has 0 atom stereocenters. The zero-order valence-electron chi connectivity index (χ0n) is 27.0. The number of pyridine rings is 1. The molecule has 4 aliphatic carbocycles. The third kappa shape index (κ3) is 5.81. The second-order valence-electron chi connectivity index (χ2n) is 14.2. The number of benzene rings is 2. The summed E-state index contributed by atoms with van der Waals surface area (Å²) in [4.78, 5) is 35.3. The summed E-state index contributed by atoms with van der Waals surface area (Å²) in [5.74, 6) is 3.92. The molecule has 2 amide bonds. The number of rotatable bonds is 8. The molecule has 4 bridgehead atoms.